The molecule has 0 fully saturated rings. The Labute approximate surface area is 159 Å². The van der Waals surface area contributed by atoms with Crippen LogP contribution in [0, 0.1) is 5.92 Å². The molecular formula is C18H29N5O4. The van der Waals surface area contributed by atoms with Crippen molar-refractivity contribution in [1.29, 1.82) is 0 Å². The van der Waals surface area contributed by atoms with Crippen molar-refractivity contribution in [3.8, 4) is 0 Å². The van der Waals surface area contributed by atoms with Crippen LogP contribution in [0.1, 0.15) is 38.6 Å². The van der Waals surface area contributed by atoms with Crippen LogP contribution in [0.5, 0.6) is 0 Å². The van der Waals surface area contributed by atoms with E-state index in [-0.39, 0.29) is 36.8 Å². The number of aryl methyl sites for hydroxylation is 1. The van der Waals surface area contributed by atoms with Gasteiger partial charge in [-0.2, -0.15) is 5.10 Å². The summed E-state index contributed by atoms with van der Waals surface area (Å²) in [5, 5.41) is 18.6. The molecule has 0 aromatic carbocycles. The molecule has 1 aromatic heterocycles. The molecule has 0 bridgehead atoms. The second kappa shape index (κ2) is 9.50. The van der Waals surface area contributed by atoms with Gasteiger partial charge in [0.1, 0.15) is 6.04 Å². The van der Waals surface area contributed by atoms with Gasteiger partial charge >= 0.3 is 0 Å². The van der Waals surface area contributed by atoms with E-state index >= 15 is 0 Å². The largest absolute Gasteiger partial charge is 0.395 e. The van der Waals surface area contributed by atoms with Crippen molar-refractivity contribution in [2.24, 2.45) is 5.92 Å². The highest BCUT2D eigenvalue weighted by Crippen LogP contribution is 2.17. The van der Waals surface area contributed by atoms with Gasteiger partial charge in [0.05, 0.1) is 31.1 Å². The monoisotopic (exact) mass is 379 g/mol. The molecule has 1 aromatic rings. The Morgan fingerprint density at radius 3 is 2.67 bits per heavy atom. The zero-order chi connectivity index (χ0) is 20.0. The first-order valence-electron chi connectivity index (χ1n) is 9.31. The Balaban J connectivity index is 1.97. The van der Waals surface area contributed by atoms with Crippen LogP contribution < -0.4 is 10.6 Å². The Kier molecular flexibility index (Phi) is 7.35. The summed E-state index contributed by atoms with van der Waals surface area (Å²) in [5.41, 5.74) is 1.73. The van der Waals surface area contributed by atoms with Gasteiger partial charge < -0.3 is 20.6 Å². The predicted octanol–water partition coefficient (Wildman–Crippen LogP) is -0.573. The van der Waals surface area contributed by atoms with Crippen LogP contribution in [0.3, 0.4) is 0 Å². The van der Waals surface area contributed by atoms with Crippen molar-refractivity contribution in [3.63, 3.8) is 0 Å². The molecule has 27 heavy (non-hydrogen) atoms. The van der Waals surface area contributed by atoms with Crippen molar-refractivity contribution in [2.75, 3.05) is 19.7 Å². The molecule has 9 nitrogen and oxygen atoms in total. The van der Waals surface area contributed by atoms with Crippen LogP contribution in [0.15, 0.2) is 6.07 Å². The number of hydrogen-bond donors (Lipinski definition) is 3. The maximum Gasteiger partial charge on any atom is 0.245 e. The van der Waals surface area contributed by atoms with Gasteiger partial charge in [0.25, 0.3) is 0 Å². The van der Waals surface area contributed by atoms with Gasteiger partial charge in [-0.15, -0.1) is 0 Å². The third-order valence-corrected chi connectivity index (χ3v) is 4.49. The molecule has 1 aliphatic rings. The lowest BCUT2D eigenvalue weighted by atomic mass is 10.0. The molecule has 0 saturated heterocycles. The van der Waals surface area contributed by atoms with Crippen molar-refractivity contribution in [3.05, 3.63) is 17.5 Å². The average Bonchev–Trinajstić information content (AvgIpc) is 3.03. The Morgan fingerprint density at radius 1 is 1.30 bits per heavy atom. The fraction of sp³-hybridized carbons (Fsp3) is 0.667. The molecule has 9 heteroatoms. The Hall–Kier alpha value is -2.42. The zero-order valence-electron chi connectivity index (χ0n) is 16.2. The highest BCUT2D eigenvalue weighted by atomic mass is 16.3. The first-order chi connectivity index (χ1) is 12.8. The number of aliphatic hydroxyl groups is 1. The fourth-order valence-corrected chi connectivity index (χ4v) is 3.09. The van der Waals surface area contributed by atoms with Gasteiger partial charge in [0.2, 0.25) is 17.7 Å². The van der Waals surface area contributed by atoms with Crippen molar-refractivity contribution in [2.45, 2.75) is 52.7 Å². The van der Waals surface area contributed by atoms with Gasteiger partial charge in [-0.25, -0.2) is 0 Å². The summed E-state index contributed by atoms with van der Waals surface area (Å²) in [6, 6.07) is 1.38. The molecule has 150 valence electrons. The number of nitrogens with zero attached hydrogens (tertiary/aromatic N) is 3. The molecule has 3 amide bonds. The minimum atomic E-state index is -0.535. The summed E-state index contributed by atoms with van der Waals surface area (Å²) in [6.45, 7) is 6.96. The average molecular weight is 379 g/mol. The summed E-state index contributed by atoms with van der Waals surface area (Å²) in [4.78, 5) is 37.6. The van der Waals surface area contributed by atoms with Crippen LogP contribution >= 0.6 is 0 Å². The number of carbonyl (C=O) groups excluding carboxylic acids is 3. The molecular weight excluding hydrogens is 350 g/mol. The summed E-state index contributed by atoms with van der Waals surface area (Å²) < 4.78 is 1.87. The summed E-state index contributed by atoms with van der Waals surface area (Å²) >= 11 is 0. The van der Waals surface area contributed by atoms with E-state index in [0.29, 0.717) is 32.5 Å². The SMILES string of the molecule is CC(=O)NC(C(=O)N1CCn2nc(CCC(=O)NCCO)cc2C1)C(C)C. The predicted molar refractivity (Wildman–Crippen MR) is 98.5 cm³/mol. The Morgan fingerprint density at radius 2 is 2.04 bits per heavy atom. The van der Waals surface area contributed by atoms with E-state index in [1.165, 1.54) is 6.92 Å². The van der Waals surface area contributed by atoms with Gasteiger partial charge in [0.15, 0.2) is 0 Å². The van der Waals surface area contributed by atoms with E-state index in [4.69, 9.17) is 5.11 Å². The maximum atomic E-state index is 12.8. The lowest BCUT2D eigenvalue weighted by Gasteiger charge is -2.32. The fourth-order valence-electron chi connectivity index (χ4n) is 3.09. The highest BCUT2D eigenvalue weighted by Gasteiger charge is 2.30. The molecule has 2 rings (SSSR count). The Bertz CT molecular complexity index is 685. The molecule has 1 unspecified atom stereocenters. The number of nitrogens with one attached hydrogen (secondary N) is 2. The van der Waals surface area contributed by atoms with Gasteiger partial charge in [-0.1, -0.05) is 13.8 Å². The molecule has 1 aliphatic heterocycles. The standard InChI is InChI=1S/C18H29N5O4/c1-12(2)17(20-13(3)25)18(27)22-7-8-23-15(11-22)10-14(21-23)4-5-16(26)19-6-9-24/h10,12,17,24H,4-9,11H2,1-3H3,(H,19,26)(H,20,25). The lowest BCUT2D eigenvalue weighted by molar-refractivity contribution is -0.138. The third-order valence-electron chi connectivity index (χ3n) is 4.49. The first-order valence-corrected chi connectivity index (χ1v) is 9.31. The normalized spacial score (nSPS) is 14.6. The number of rotatable bonds is 8. The van der Waals surface area contributed by atoms with E-state index in [9.17, 15) is 14.4 Å². The highest BCUT2D eigenvalue weighted by molar-refractivity contribution is 5.87. The summed E-state index contributed by atoms with van der Waals surface area (Å²) in [6.07, 6.45) is 0.808. The quantitative estimate of drug-likeness (QED) is 0.559. The number of hydrogen-bond acceptors (Lipinski definition) is 5. The van der Waals surface area contributed by atoms with Gasteiger partial charge in [-0.3, -0.25) is 19.1 Å². The molecule has 1 atom stereocenters. The van der Waals surface area contributed by atoms with E-state index in [2.05, 4.69) is 15.7 Å². The van der Waals surface area contributed by atoms with Crippen molar-refractivity contribution in [1.82, 2.24) is 25.3 Å². The van der Waals surface area contributed by atoms with Crippen LogP contribution in [-0.4, -0.2) is 63.2 Å². The smallest absolute Gasteiger partial charge is 0.245 e. The van der Waals surface area contributed by atoms with Crippen molar-refractivity contribution >= 4 is 17.7 Å². The molecule has 3 N–H and O–H groups in total. The van der Waals surface area contributed by atoms with E-state index in [0.717, 1.165) is 11.4 Å². The minimum Gasteiger partial charge on any atom is -0.395 e. The number of amides is 3. The zero-order valence-corrected chi connectivity index (χ0v) is 16.2. The summed E-state index contributed by atoms with van der Waals surface area (Å²) in [7, 11) is 0. The topological polar surface area (TPSA) is 117 Å². The second-order valence-corrected chi connectivity index (χ2v) is 7.11. The van der Waals surface area contributed by atoms with Crippen LogP contribution in [-0.2, 0) is 33.9 Å². The first kappa shape index (κ1) is 20.9. The number of aromatic nitrogens is 2. The third kappa shape index (κ3) is 5.78. The number of carbonyl (C=O) groups is 3. The van der Waals surface area contributed by atoms with Crippen LogP contribution in [0.4, 0.5) is 0 Å². The molecule has 0 saturated carbocycles. The van der Waals surface area contributed by atoms with E-state index in [1.807, 2.05) is 24.6 Å². The van der Waals surface area contributed by atoms with Crippen LogP contribution in [0.2, 0.25) is 0 Å². The van der Waals surface area contributed by atoms with Gasteiger partial charge in [0, 0.05) is 32.9 Å². The molecule has 0 aliphatic carbocycles. The number of fused-ring (bicyclic) bond motifs is 1. The van der Waals surface area contributed by atoms with Gasteiger partial charge in [-0.05, 0) is 12.0 Å². The minimum absolute atomic E-state index is 0.00114. The van der Waals surface area contributed by atoms with E-state index < -0.39 is 6.04 Å². The van der Waals surface area contributed by atoms with Crippen LogP contribution in [0.25, 0.3) is 0 Å². The molecule has 2 heterocycles. The summed E-state index contributed by atoms with van der Waals surface area (Å²) in [5.74, 6) is -0.424. The lowest BCUT2D eigenvalue weighted by Crippen LogP contribution is -2.52. The van der Waals surface area contributed by atoms with E-state index in [1.54, 1.807) is 4.90 Å². The number of aliphatic hydroxyl groups excluding tert-OH is 1. The maximum absolute atomic E-state index is 12.8. The second-order valence-electron chi connectivity index (χ2n) is 7.11. The molecule has 0 radical (unpaired) electrons. The molecule has 0 spiro atoms. The van der Waals surface area contributed by atoms with Crippen molar-refractivity contribution < 1.29 is 19.5 Å².